The summed E-state index contributed by atoms with van der Waals surface area (Å²) < 4.78 is 13.1. The number of hydrogen-bond acceptors (Lipinski definition) is 4. The van der Waals surface area contributed by atoms with Gasteiger partial charge in [-0.05, 0) is 67.4 Å². The van der Waals surface area contributed by atoms with Crippen LogP contribution in [-0.2, 0) is 13.2 Å². The third-order valence-electron chi connectivity index (χ3n) is 4.47. The minimum atomic E-state index is -0.137. The van der Waals surface area contributed by atoms with Gasteiger partial charge in [-0.25, -0.2) is 0 Å². The summed E-state index contributed by atoms with van der Waals surface area (Å²) in [5.74, 6) is 1.32. The number of nitrogens with zero attached hydrogens (tertiary/aromatic N) is 2. The van der Waals surface area contributed by atoms with Crippen molar-refractivity contribution < 1.29 is 14.3 Å². The molecule has 0 bridgehead atoms. The summed E-state index contributed by atoms with van der Waals surface area (Å²) in [6.07, 6.45) is 5.09. The fourth-order valence-electron chi connectivity index (χ4n) is 2.81. The van der Waals surface area contributed by atoms with Crippen molar-refractivity contribution in [2.75, 3.05) is 7.11 Å². The standard InChI is InChI=1S/C23H23ClN2O3/c1-4-26-12-11-21(25-26)22(27)9-5-17-6-10-23(28-3)18(14-17)15-29-19-7-8-20(24)16(2)13-19/h5-14H,4,15H2,1-3H3/b9-5+. The smallest absolute Gasteiger partial charge is 0.206 e. The molecule has 0 amide bonds. The minimum Gasteiger partial charge on any atom is -0.496 e. The summed E-state index contributed by atoms with van der Waals surface area (Å²) in [7, 11) is 1.62. The number of halogens is 1. The van der Waals surface area contributed by atoms with Crippen LogP contribution in [0.3, 0.4) is 0 Å². The van der Waals surface area contributed by atoms with Crippen LogP contribution in [0.5, 0.6) is 11.5 Å². The van der Waals surface area contributed by atoms with Gasteiger partial charge in [0, 0.05) is 23.3 Å². The van der Waals surface area contributed by atoms with Crippen molar-refractivity contribution in [2.24, 2.45) is 0 Å². The fraction of sp³-hybridized carbons (Fsp3) is 0.217. The van der Waals surface area contributed by atoms with E-state index < -0.39 is 0 Å². The molecule has 2 aromatic carbocycles. The molecule has 0 spiro atoms. The Morgan fingerprint density at radius 3 is 2.72 bits per heavy atom. The summed E-state index contributed by atoms with van der Waals surface area (Å²) in [5, 5.41) is 4.93. The first-order valence-corrected chi connectivity index (χ1v) is 9.69. The molecule has 0 aliphatic heterocycles. The number of benzene rings is 2. The topological polar surface area (TPSA) is 53.4 Å². The predicted octanol–water partition coefficient (Wildman–Crippen LogP) is 5.35. The Balaban J connectivity index is 1.73. The molecular weight excluding hydrogens is 388 g/mol. The zero-order valence-corrected chi connectivity index (χ0v) is 17.4. The summed E-state index contributed by atoms with van der Waals surface area (Å²) in [4.78, 5) is 12.3. The number of hydrogen-bond donors (Lipinski definition) is 0. The van der Waals surface area contributed by atoms with E-state index in [1.165, 1.54) is 6.08 Å². The highest BCUT2D eigenvalue weighted by Gasteiger charge is 2.08. The van der Waals surface area contributed by atoms with Crippen molar-refractivity contribution in [2.45, 2.75) is 27.0 Å². The van der Waals surface area contributed by atoms with Gasteiger partial charge in [0.05, 0.1) is 7.11 Å². The van der Waals surface area contributed by atoms with E-state index >= 15 is 0 Å². The lowest BCUT2D eigenvalue weighted by atomic mass is 10.1. The van der Waals surface area contributed by atoms with Crippen molar-refractivity contribution in [3.05, 3.63) is 82.1 Å². The molecule has 1 aromatic heterocycles. The van der Waals surface area contributed by atoms with E-state index in [-0.39, 0.29) is 5.78 Å². The molecule has 0 radical (unpaired) electrons. The molecule has 0 saturated heterocycles. The largest absolute Gasteiger partial charge is 0.496 e. The number of allylic oxidation sites excluding steroid dienone is 1. The molecule has 0 N–H and O–H groups in total. The van der Waals surface area contributed by atoms with Crippen LogP contribution in [0.1, 0.15) is 34.1 Å². The van der Waals surface area contributed by atoms with Gasteiger partial charge in [0.15, 0.2) is 0 Å². The van der Waals surface area contributed by atoms with Gasteiger partial charge >= 0.3 is 0 Å². The maximum Gasteiger partial charge on any atom is 0.206 e. The number of rotatable bonds is 8. The maximum absolute atomic E-state index is 12.3. The molecule has 0 saturated carbocycles. The zero-order valence-electron chi connectivity index (χ0n) is 16.7. The number of ketones is 1. The fourth-order valence-corrected chi connectivity index (χ4v) is 2.93. The maximum atomic E-state index is 12.3. The number of aromatic nitrogens is 2. The Kier molecular flexibility index (Phi) is 6.73. The molecule has 6 heteroatoms. The lowest BCUT2D eigenvalue weighted by Crippen LogP contribution is -2.00. The van der Waals surface area contributed by atoms with Gasteiger partial charge in [0.2, 0.25) is 5.78 Å². The van der Waals surface area contributed by atoms with Gasteiger partial charge in [-0.15, -0.1) is 0 Å². The van der Waals surface area contributed by atoms with Crippen LogP contribution in [0.15, 0.2) is 54.7 Å². The highest BCUT2D eigenvalue weighted by Crippen LogP contribution is 2.25. The molecule has 0 unspecified atom stereocenters. The van der Waals surface area contributed by atoms with Crippen LogP contribution < -0.4 is 9.47 Å². The molecule has 0 atom stereocenters. The molecule has 150 valence electrons. The van der Waals surface area contributed by atoms with Gasteiger partial charge in [-0.2, -0.15) is 5.10 Å². The molecule has 0 aliphatic carbocycles. The SMILES string of the molecule is CCn1ccc(C(=O)/C=C/c2ccc(OC)c(COc3ccc(Cl)c(C)c3)c2)n1. The molecule has 1 heterocycles. The third kappa shape index (κ3) is 5.27. The molecule has 29 heavy (non-hydrogen) atoms. The van der Waals surface area contributed by atoms with E-state index in [1.807, 2.05) is 50.2 Å². The van der Waals surface area contributed by atoms with E-state index in [1.54, 1.807) is 30.1 Å². The Labute approximate surface area is 175 Å². The second-order valence-corrected chi connectivity index (χ2v) is 6.93. The molecule has 0 aliphatic rings. The summed E-state index contributed by atoms with van der Waals surface area (Å²) in [6, 6.07) is 13.0. The Hall–Kier alpha value is -3.05. The Bertz CT molecular complexity index is 1040. The van der Waals surface area contributed by atoms with Crippen molar-refractivity contribution in [3.8, 4) is 11.5 Å². The quantitative estimate of drug-likeness (QED) is 0.371. The van der Waals surface area contributed by atoms with Crippen LogP contribution in [0.2, 0.25) is 5.02 Å². The van der Waals surface area contributed by atoms with Gasteiger partial charge in [-0.1, -0.05) is 23.7 Å². The van der Waals surface area contributed by atoms with Crippen LogP contribution in [0.25, 0.3) is 6.08 Å². The lowest BCUT2D eigenvalue weighted by molar-refractivity contribution is 0.104. The normalized spacial score (nSPS) is 11.0. The average molecular weight is 411 g/mol. The zero-order chi connectivity index (χ0) is 20.8. The second-order valence-electron chi connectivity index (χ2n) is 6.53. The Morgan fingerprint density at radius 1 is 1.21 bits per heavy atom. The number of ether oxygens (including phenoxy) is 2. The molecule has 3 aromatic rings. The lowest BCUT2D eigenvalue weighted by Gasteiger charge is -2.12. The molecule has 3 rings (SSSR count). The summed E-state index contributed by atoms with van der Waals surface area (Å²) in [5.41, 5.74) is 3.14. The van der Waals surface area contributed by atoms with Crippen LogP contribution in [0, 0.1) is 6.92 Å². The molecule has 0 fully saturated rings. The predicted molar refractivity (Wildman–Crippen MR) is 115 cm³/mol. The Morgan fingerprint density at radius 2 is 2.03 bits per heavy atom. The monoisotopic (exact) mass is 410 g/mol. The highest BCUT2D eigenvalue weighted by molar-refractivity contribution is 6.31. The average Bonchev–Trinajstić information content (AvgIpc) is 3.22. The highest BCUT2D eigenvalue weighted by atomic mass is 35.5. The van der Waals surface area contributed by atoms with E-state index in [0.29, 0.717) is 17.3 Å². The molecule has 5 nitrogen and oxygen atoms in total. The van der Waals surface area contributed by atoms with Gasteiger partial charge < -0.3 is 9.47 Å². The van der Waals surface area contributed by atoms with E-state index in [0.717, 1.165) is 34.7 Å². The van der Waals surface area contributed by atoms with Gasteiger partial charge in [0.25, 0.3) is 0 Å². The first-order valence-electron chi connectivity index (χ1n) is 9.32. The summed E-state index contributed by atoms with van der Waals surface area (Å²) >= 11 is 6.06. The van der Waals surface area contributed by atoms with E-state index in [4.69, 9.17) is 21.1 Å². The van der Waals surface area contributed by atoms with Crippen LogP contribution in [-0.4, -0.2) is 22.7 Å². The van der Waals surface area contributed by atoms with E-state index in [9.17, 15) is 4.79 Å². The van der Waals surface area contributed by atoms with Crippen molar-refractivity contribution >= 4 is 23.5 Å². The minimum absolute atomic E-state index is 0.137. The first kappa shape index (κ1) is 20.7. The number of methoxy groups -OCH3 is 1. The van der Waals surface area contributed by atoms with Gasteiger partial charge in [-0.3, -0.25) is 9.48 Å². The number of aryl methyl sites for hydroxylation is 2. The van der Waals surface area contributed by atoms with Crippen LogP contribution >= 0.6 is 11.6 Å². The van der Waals surface area contributed by atoms with Crippen molar-refractivity contribution in [3.63, 3.8) is 0 Å². The summed E-state index contributed by atoms with van der Waals surface area (Å²) in [6.45, 7) is 4.97. The third-order valence-corrected chi connectivity index (χ3v) is 4.90. The number of carbonyl (C=O) groups excluding carboxylic acids is 1. The van der Waals surface area contributed by atoms with Crippen LogP contribution in [0.4, 0.5) is 0 Å². The van der Waals surface area contributed by atoms with Crippen molar-refractivity contribution in [1.82, 2.24) is 9.78 Å². The number of carbonyl (C=O) groups is 1. The van der Waals surface area contributed by atoms with E-state index in [2.05, 4.69) is 5.10 Å². The first-order chi connectivity index (χ1) is 14.0. The second kappa shape index (κ2) is 9.43. The van der Waals surface area contributed by atoms with Crippen molar-refractivity contribution in [1.29, 1.82) is 0 Å². The molecular formula is C23H23ClN2O3. The van der Waals surface area contributed by atoms with Gasteiger partial charge in [0.1, 0.15) is 23.8 Å².